The third-order valence-corrected chi connectivity index (χ3v) is 8.49. The van der Waals surface area contributed by atoms with Gasteiger partial charge in [0.1, 0.15) is 0 Å². The maximum absolute atomic E-state index is 13.0. The molecule has 31 heavy (non-hydrogen) atoms. The van der Waals surface area contributed by atoms with Crippen LogP contribution in [0.5, 0.6) is 0 Å². The van der Waals surface area contributed by atoms with Crippen molar-refractivity contribution in [2.24, 2.45) is 0 Å². The highest BCUT2D eigenvalue weighted by molar-refractivity contribution is 7.89. The molecule has 1 aromatic heterocycles. The Hall–Kier alpha value is -2.49. The number of anilines is 1. The molecule has 2 aromatic carbocycles. The van der Waals surface area contributed by atoms with Crippen molar-refractivity contribution < 1.29 is 13.2 Å². The fourth-order valence-electron chi connectivity index (χ4n) is 3.90. The zero-order valence-corrected chi connectivity index (χ0v) is 19.2. The van der Waals surface area contributed by atoms with E-state index in [2.05, 4.69) is 5.32 Å². The summed E-state index contributed by atoms with van der Waals surface area (Å²) in [6, 6.07) is 10.0. The zero-order valence-electron chi connectivity index (χ0n) is 17.6. The lowest BCUT2D eigenvalue weighted by molar-refractivity contribution is 0.102. The van der Waals surface area contributed by atoms with Crippen LogP contribution < -0.4 is 10.2 Å². The molecule has 0 bridgehead atoms. The normalized spacial score (nSPS) is 15.3. The smallest absolute Gasteiger partial charge is 0.308 e. The van der Waals surface area contributed by atoms with Gasteiger partial charge in [0.15, 0.2) is 0 Å². The molecule has 1 aliphatic rings. The van der Waals surface area contributed by atoms with Gasteiger partial charge in [-0.1, -0.05) is 23.8 Å². The van der Waals surface area contributed by atoms with Crippen LogP contribution in [-0.2, 0) is 16.6 Å². The van der Waals surface area contributed by atoms with Crippen molar-refractivity contribution in [3.8, 4) is 0 Å². The summed E-state index contributed by atoms with van der Waals surface area (Å²) in [4.78, 5) is 25.1. The van der Waals surface area contributed by atoms with Gasteiger partial charge in [0, 0.05) is 30.9 Å². The third kappa shape index (κ3) is 4.17. The molecule has 1 saturated heterocycles. The van der Waals surface area contributed by atoms with Crippen LogP contribution >= 0.6 is 11.3 Å². The first kappa shape index (κ1) is 21.7. The van der Waals surface area contributed by atoms with Gasteiger partial charge in [-0.25, -0.2) is 8.42 Å². The summed E-state index contributed by atoms with van der Waals surface area (Å²) in [5.74, 6) is -0.380. The zero-order chi connectivity index (χ0) is 22.2. The lowest BCUT2D eigenvalue weighted by Gasteiger charge is -2.26. The van der Waals surface area contributed by atoms with Gasteiger partial charge in [0.05, 0.1) is 15.1 Å². The molecule has 3 aromatic rings. The second-order valence-corrected chi connectivity index (χ2v) is 10.6. The maximum atomic E-state index is 13.0. The molecule has 0 atom stereocenters. The Kier molecular flexibility index (Phi) is 6.00. The van der Waals surface area contributed by atoms with Gasteiger partial charge in [-0.05, 0) is 62.6 Å². The minimum Gasteiger partial charge on any atom is -0.322 e. The number of hydrogen-bond acceptors (Lipinski definition) is 5. The number of hydrogen-bond donors (Lipinski definition) is 1. The molecule has 0 radical (unpaired) electrons. The molecule has 0 unspecified atom stereocenters. The van der Waals surface area contributed by atoms with Gasteiger partial charge in [0.2, 0.25) is 10.0 Å². The van der Waals surface area contributed by atoms with Crippen molar-refractivity contribution in [1.82, 2.24) is 8.87 Å². The fourth-order valence-corrected chi connectivity index (χ4v) is 6.44. The number of nitrogens with one attached hydrogen (secondary N) is 1. The van der Waals surface area contributed by atoms with E-state index in [-0.39, 0.29) is 15.7 Å². The van der Waals surface area contributed by atoms with E-state index in [1.165, 1.54) is 10.4 Å². The number of benzene rings is 2. The van der Waals surface area contributed by atoms with Crippen molar-refractivity contribution in [2.45, 2.75) is 44.6 Å². The molecule has 0 aliphatic carbocycles. The first-order valence-corrected chi connectivity index (χ1v) is 12.6. The maximum Gasteiger partial charge on any atom is 0.308 e. The van der Waals surface area contributed by atoms with E-state index in [4.69, 9.17) is 0 Å². The van der Waals surface area contributed by atoms with E-state index in [1.807, 2.05) is 13.0 Å². The van der Waals surface area contributed by atoms with Crippen LogP contribution in [-0.4, -0.2) is 36.3 Å². The molecule has 7 nitrogen and oxygen atoms in total. The van der Waals surface area contributed by atoms with E-state index < -0.39 is 10.0 Å². The largest absolute Gasteiger partial charge is 0.322 e. The Morgan fingerprint density at radius 2 is 1.84 bits per heavy atom. The Labute approximate surface area is 185 Å². The summed E-state index contributed by atoms with van der Waals surface area (Å²) < 4.78 is 30.0. The van der Waals surface area contributed by atoms with Crippen LogP contribution in [0, 0.1) is 6.92 Å². The molecule has 164 valence electrons. The van der Waals surface area contributed by atoms with Crippen molar-refractivity contribution in [1.29, 1.82) is 0 Å². The van der Waals surface area contributed by atoms with Crippen molar-refractivity contribution in [3.05, 3.63) is 57.2 Å². The van der Waals surface area contributed by atoms with Crippen molar-refractivity contribution >= 4 is 43.2 Å². The quantitative estimate of drug-likeness (QED) is 0.628. The highest BCUT2D eigenvalue weighted by Gasteiger charge is 2.27. The number of nitrogens with zero attached hydrogens (tertiary/aromatic N) is 2. The van der Waals surface area contributed by atoms with Crippen LogP contribution in [0.4, 0.5) is 5.69 Å². The average Bonchev–Trinajstić information content (AvgIpc) is 3.08. The number of amides is 1. The van der Waals surface area contributed by atoms with Crippen LogP contribution in [0.3, 0.4) is 0 Å². The summed E-state index contributed by atoms with van der Waals surface area (Å²) in [5.41, 5.74) is 2.41. The summed E-state index contributed by atoms with van der Waals surface area (Å²) >= 11 is 1.14. The Balaban J connectivity index is 1.62. The molecule has 0 spiro atoms. The molecule has 1 amide bonds. The number of rotatable bonds is 5. The Morgan fingerprint density at radius 3 is 2.55 bits per heavy atom. The van der Waals surface area contributed by atoms with Gasteiger partial charge >= 0.3 is 4.87 Å². The highest BCUT2D eigenvalue weighted by Crippen LogP contribution is 2.25. The Morgan fingerprint density at radius 1 is 1.10 bits per heavy atom. The van der Waals surface area contributed by atoms with Gasteiger partial charge in [-0.3, -0.25) is 14.2 Å². The molecule has 4 rings (SSSR count). The summed E-state index contributed by atoms with van der Waals surface area (Å²) in [7, 11) is -3.62. The number of aryl methyl sites for hydroxylation is 2. The second kappa shape index (κ2) is 8.57. The second-order valence-electron chi connectivity index (χ2n) is 7.69. The molecule has 1 N–H and O–H groups in total. The number of piperidine rings is 1. The lowest BCUT2D eigenvalue weighted by Crippen LogP contribution is -2.35. The Bertz CT molecular complexity index is 1300. The number of aromatic nitrogens is 1. The average molecular weight is 460 g/mol. The molecular formula is C22H25N3O4S2. The first-order chi connectivity index (χ1) is 14.8. The molecule has 0 saturated carbocycles. The van der Waals surface area contributed by atoms with Crippen LogP contribution in [0.25, 0.3) is 10.2 Å². The number of thiazole rings is 1. The predicted molar refractivity (Wildman–Crippen MR) is 124 cm³/mol. The molecule has 1 fully saturated rings. The molecule has 1 aliphatic heterocycles. The lowest BCUT2D eigenvalue weighted by atomic mass is 10.1. The van der Waals surface area contributed by atoms with E-state index in [0.29, 0.717) is 36.4 Å². The minimum atomic E-state index is -3.62. The number of carbonyl (C=O) groups excluding carboxylic acids is 1. The number of fused-ring (bicyclic) bond motifs is 1. The summed E-state index contributed by atoms with van der Waals surface area (Å²) in [5, 5.41) is 2.84. The summed E-state index contributed by atoms with van der Waals surface area (Å²) in [6.45, 7) is 5.30. The molecular weight excluding hydrogens is 434 g/mol. The van der Waals surface area contributed by atoms with Gasteiger partial charge in [-0.15, -0.1) is 0 Å². The van der Waals surface area contributed by atoms with Gasteiger partial charge in [-0.2, -0.15) is 4.31 Å². The van der Waals surface area contributed by atoms with E-state index in [9.17, 15) is 18.0 Å². The van der Waals surface area contributed by atoms with Gasteiger partial charge < -0.3 is 5.32 Å². The highest BCUT2D eigenvalue weighted by atomic mass is 32.2. The minimum absolute atomic E-state index is 0.0348. The van der Waals surface area contributed by atoms with Crippen molar-refractivity contribution in [2.75, 3.05) is 18.4 Å². The standard InChI is InChI=1S/C22H25N3O4S2/c1-3-25-19-10-8-16(13-20(19)30-22(25)27)23-21(26)18-14-17(9-7-15(18)2)31(28,29)24-11-5-4-6-12-24/h7-10,13-14H,3-6,11-12H2,1-2H3,(H,23,26). The monoisotopic (exact) mass is 459 g/mol. The molecule has 9 heteroatoms. The number of sulfonamides is 1. The SMILES string of the molecule is CCn1c(=O)sc2cc(NC(=O)c3cc(S(=O)(=O)N4CCCCC4)ccc3C)ccc21. The fraction of sp³-hybridized carbons (Fsp3) is 0.364. The summed E-state index contributed by atoms with van der Waals surface area (Å²) in [6.07, 6.45) is 2.74. The van der Waals surface area contributed by atoms with E-state index >= 15 is 0 Å². The van der Waals surface area contributed by atoms with Crippen LogP contribution in [0.2, 0.25) is 0 Å². The predicted octanol–water partition coefficient (Wildman–Crippen LogP) is 3.82. The van der Waals surface area contributed by atoms with Gasteiger partial charge in [0.25, 0.3) is 5.91 Å². The van der Waals surface area contributed by atoms with Crippen LogP contribution in [0.15, 0.2) is 46.1 Å². The topological polar surface area (TPSA) is 88.5 Å². The van der Waals surface area contributed by atoms with Crippen LogP contribution in [0.1, 0.15) is 42.1 Å². The third-order valence-electron chi connectivity index (χ3n) is 5.65. The van der Waals surface area contributed by atoms with E-state index in [1.54, 1.807) is 35.8 Å². The first-order valence-electron chi connectivity index (χ1n) is 10.4. The molecule has 2 heterocycles. The van der Waals surface area contributed by atoms with E-state index in [0.717, 1.165) is 40.8 Å². The number of carbonyl (C=O) groups is 1. The van der Waals surface area contributed by atoms with Crippen molar-refractivity contribution in [3.63, 3.8) is 0 Å².